The predicted molar refractivity (Wildman–Crippen MR) is 65.4 cm³/mol. The number of hydrogen-bond acceptors (Lipinski definition) is 3. The number of halogens is 1. The van der Waals surface area contributed by atoms with Gasteiger partial charge in [0.2, 0.25) is 0 Å². The molecule has 0 heterocycles. The molecule has 0 aliphatic heterocycles. The minimum Gasteiger partial charge on any atom is -0.396 e. The van der Waals surface area contributed by atoms with E-state index in [9.17, 15) is 0 Å². The van der Waals surface area contributed by atoms with Gasteiger partial charge in [0.25, 0.3) is 0 Å². The van der Waals surface area contributed by atoms with Crippen molar-refractivity contribution in [2.24, 2.45) is 5.41 Å². The van der Waals surface area contributed by atoms with Crippen molar-refractivity contribution < 1.29 is 10.2 Å². The van der Waals surface area contributed by atoms with E-state index in [1.807, 2.05) is 31.2 Å². The van der Waals surface area contributed by atoms with Crippen molar-refractivity contribution in [2.75, 3.05) is 19.8 Å². The zero-order valence-electron chi connectivity index (χ0n) is 9.41. The Morgan fingerprint density at radius 1 is 1.25 bits per heavy atom. The average Bonchev–Trinajstić information content (AvgIpc) is 2.31. The minimum absolute atomic E-state index is 0.0426. The summed E-state index contributed by atoms with van der Waals surface area (Å²) in [6.45, 7) is 2.92. The van der Waals surface area contributed by atoms with Crippen LogP contribution in [0.5, 0.6) is 0 Å². The normalized spacial score (nSPS) is 11.8. The predicted octanol–water partition coefficient (Wildman–Crippen LogP) is 1.42. The first-order chi connectivity index (χ1) is 7.61. The van der Waals surface area contributed by atoms with Gasteiger partial charge in [-0.15, -0.1) is 0 Å². The Labute approximate surface area is 101 Å². The van der Waals surface area contributed by atoms with Crippen molar-refractivity contribution in [2.45, 2.75) is 13.5 Å². The van der Waals surface area contributed by atoms with Crippen LogP contribution in [0.15, 0.2) is 24.3 Å². The molecule has 16 heavy (non-hydrogen) atoms. The lowest BCUT2D eigenvalue weighted by molar-refractivity contribution is 0.0695. The molecule has 0 saturated heterocycles. The number of aliphatic hydroxyl groups excluding tert-OH is 2. The number of aliphatic hydroxyl groups is 2. The molecule has 0 bridgehead atoms. The third-order valence-corrected chi connectivity index (χ3v) is 2.96. The van der Waals surface area contributed by atoms with Crippen LogP contribution >= 0.6 is 11.6 Å². The molecule has 1 aromatic carbocycles. The summed E-state index contributed by atoms with van der Waals surface area (Å²) in [5, 5.41) is 22.1. The van der Waals surface area contributed by atoms with Crippen molar-refractivity contribution in [1.82, 2.24) is 5.32 Å². The van der Waals surface area contributed by atoms with Crippen LogP contribution < -0.4 is 5.32 Å². The highest BCUT2D eigenvalue weighted by Crippen LogP contribution is 2.16. The van der Waals surface area contributed by atoms with Gasteiger partial charge >= 0.3 is 0 Å². The average molecular weight is 244 g/mol. The second kappa shape index (κ2) is 6.21. The van der Waals surface area contributed by atoms with Crippen LogP contribution in [0.1, 0.15) is 12.5 Å². The molecular formula is C12H18ClNO2. The van der Waals surface area contributed by atoms with E-state index in [0.29, 0.717) is 13.1 Å². The van der Waals surface area contributed by atoms with Crippen molar-refractivity contribution in [3.05, 3.63) is 34.9 Å². The fourth-order valence-corrected chi connectivity index (χ4v) is 1.51. The fourth-order valence-electron chi connectivity index (χ4n) is 1.30. The summed E-state index contributed by atoms with van der Waals surface area (Å²) in [6, 6.07) is 7.61. The Morgan fingerprint density at radius 3 is 2.44 bits per heavy atom. The molecule has 0 atom stereocenters. The Hall–Kier alpha value is -0.610. The first kappa shape index (κ1) is 13.5. The first-order valence-electron chi connectivity index (χ1n) is 5.27. The van der Waals surface area contributed by atoms with Crippen LogP contribution in [0.4, 0.5) is 0 Å². The van der Waals surface area contributed by atoms with E-state index in [4.69, 9.17) is 21.8 Å². The van der Waals surface area contributed by atoms with Crippen LogP contribution in [0.2, 0.25) is 5.02 Å². The van der Waals surface area contributed by atoms with Gasteiger partial charge in [-0.3, -0.25) is 0 Å². The van der Waals surface area contributed by atoms with Crippen LogP contribution in [-0.4, -0.2) is 30.0 Å². The van der Waals surface area contributed by atoms with Gasteiger partial charge in [-0.1, -0.05) is 36.7 Å². The van der Waals surface area contributed by atoms with Gasteiger partial charge in [-0.2, -0.15) is 0 Å². The van der Waals surface area contributed by atoms with Crippen LogP contribution in [0.3, 0.4) is 0 Å². The quantitative estimate of drug-likeness (QED) is 0.708. The van der Waals surface area contributed by atoms with E-state index in [1.165, 1.54) is 0 Å². The van der Waals surface area contributed by atoms with E-state index in [1.54, 1.807) is 0 Å². The molecule has 0 saturated carbocycles. The Bertz CT molecular complexity index is 327. The van der Waals surface area contributed by atoms with E-state index in [0.717, 1.165) is 10.6 Å². The molecule has 4 heteroatoms. The van der Waals surface area contributed by atoms with Crippen LogP contribution in [0.25, 0.3) is 0 Å². The summed E-state index contributed by atoms with van der Waals surface area (Å²) in [6.07, 6.45) is 0. The first-order valence-corrected chi connectivity index (χ1v) is 5.65. The highest BCUT2D eigenvalue weighted by atomic mass is 35.5. The van der Waals surface area contributed by atoms with Gasteiger partial charge in [-0.05, 0) is 11.6 Å². The number of nitrogens with one attached hydrogen (secondary N) is 1. The highest BCUT2D eigenvalue weighted by molar-refractivity contribution is 6.31. The second-order valence-corrected chi connectivity index (χ2v) is 4.73. The summed E-state index contributed by atoms with van der Waals surface area (Å²) in [7, 11) is 0. The summed E-state index contributed by atoms with van der Waals surface area (Å²) in [5.41, 5.74) is 0.531. The van der Waals surface area contributed by atoms with Crippen molar-refractivity contribution in [3.63, 3.8) is 0 Å². The third kappa shape index (κ3) is 3.76. The SMILES string of the molecule is CC(CO)(CO)CNCc1ccccc1Cl. The number of benzene rings is 1. The maximum Gasteiger partial charge on any atom is 0.0518 e. The Morgan fingerprint density at radius 2 is 1.88 bits per heavy atom. The zero-order chi connectivity index (χ0) is 12.0. The maximum atomic E-state index is 9.11. The van der Waals surface area contributed by atoms with Gasteiger partial charge in [-0.25, -0.2) is 0 Å². The van der Waals surface area contributed by atoms with Gasteiger partial charge in [0.1, 0.15) is 0 Å². The zero-order valence-corrected chi connectivity index (χ0v) is 10.2. The smallest absolute Gasteiger partial charge is 0.0518 e. The fraction of sp³-hybridized carbons (Fsp3) is 0.500. The van der Waals surface area contributed by atoms with Crippen molar-refractivity contribution >= 4 is 11.6 Å². The molecule has 1 aromatic rings. The Balaban J connectivity index is 2.44. The topological polar surface area (TPSA) is 52.5 Å². The van der Waals surface area contributed by atoms with Crippen LogP contribution in [-0.2, 0) is 6.54 Å². The van der Waals surface area contributed by atoms with Crippen molar-refractivity contribution in [1.29, 1.82) is 0 Å². The summed E-state index contributed by atoms with van der Waals surface area (Å²) in [4.78, 5) is 0. The minimum atomic E-state index is -0.485. The lowest BCUT2D eigenvalue weighted by Gasteiger charge is -2.24. The van der Waals surface area contributed by atoms with Crippen LogP contribution in [0, 0.1) is 5.41 Å². The summed E-state index contributed by atoms with van der Waals surface area (Å²) < 4.78 is 0. The van der Waals surface area contributed by atoms with Gasteiger partial charge in [0.05, 0.1) is 13.2 Å². The van der Waals surface area contributed by atoms with Gasteiger partial charge in [0, 0.05) is 23.5 Å². The molecule has 0 aliphatic carbocycles. The largest absolute Gasteiger partial charge is 0.396 e. The molecule has 0 amide bonds. The van der Waals surface area contributed by atoms with E-state index >= 15 is 0 Å². The van der Waals surface area contributed by atoms with Gasteiger partial charge < -0.3 is 15.5 Å². The third-order valence-electron chi connectivity index (χ3n) is 2.59. The Kier molecular flexibility index (Phi) is 5.22. The molecular weight excluding hydrogens is 226 g/mol. The molecule has 90 valence electrons. The lowest BCUT2D eigenvalue weighted by atomic mass is 9.93. The number of hydrogen-bond donors (Lipinski definition) is 3. The second-order valence-electron chi connectivity index (χ2n) is 4.32. The van der Waals surface area contributed by atoms with Gasteiger partial charge in [0.15, 0.2) is 0 Å². The van der Waals surface area contributed by atoms with E-state index in [-0.39, 0.29) is 13.2 Å². The van der Waals surface area contributed by atoms with E-state index < -0.39 is 5.41 Å². The maximum absolute atomic E-state index is 9.11. The highest BCUT2D eigenvalue weighted by Gasteiger charge is 2.21. The molecule has 0 aliphatic rings. The molecule has 0 unspecified atom stereocenters. The molecule has 1 rings (SSSR count). The summed E-state index contributed by atoms with van der Waals surface area (Å²) >= 11 is 6.00. The molecule has 0 fully saturated rings. The molecule has 0 radical (unpaired) electrons. The lowest BCUT2D eigenvalue weighted by Crippen LogP contribution is -2.37. The molecule has 3 nitrogen and oxygen atoms in total. The van der Waals surface area contributed by atoms with Crippen molar-refractivity contribution in [3.8, 4) is 0 Å². The molecule has 3 N–H and O–H groups in total. The molecule has 0 aromatic heterocycles. The van der Waals surface area contributed by atoms with E-state index in [2.05, 4.69) is 5.32 Å². The monoisotopic (exact) mass is 243 g/mol. The standard InChI is InChI=1S/C12H18ClNO2/c1-12(8-15,9-16)7-14-6-10-4-2-3-5-11(10)13/h2-5,14-16H,6-9H2,1H3. The number of rotatable bonds is 6. The molecule has 0 spiro atoms. The summed E-state index contributed by atoms with van der Waals surface area (Å²) in [5.74, 6) is 0.